The highest BCUT2D eigenvalue weighted by atomic mass is 32.2. The van der Waals surface area contributed by atoms with Gasteiger partial charge in [-0.1, -0.05) is 67.7 Å². The summed E-state index contributed by atoms with van der Waals surface area (Å²) in [5.41, 5.74) is 0. The van der Waals surface area contributed by atoms with E-state index >= 15 is 0 Å². The van der Waals surface area contributed by atoms with E-state index in [1.165, 1.54) is 0 Å². The van der Waals surface area contributed by atoms with Crippen LogP contribution in [0, 0.1) is 0 Å². The second kappa shape index (κ2) is 24.7. The van der Waals surface area contributed by atoms with Crippen LogP contribution in [0.3, 0.4) is 0 Å². The van der Waals surface area contributed by atoms with E-state index in [1.807, 2.05) is 0 Å². The van der Waals surface area contributed by atoms with Gasteiger partial charge in [0.15, 0.2) is 6.10 Å². The van der Waals surface area contributed by atoms with Crippen LogP contribution in [0.4, 0.5) is 0 Å². The van der Waals surface area contributed by atoms with Crippen molar-refractivity contribution >= 4 is 37.1 Å². The summed E-state index contributed by atoms with van der Waals surface area (Å²) in [5.74, 6) is -1.11. The van der Waals surface area contributed by atoms with Gasteiger partial charge >= 0.3 is 0 Å². The molecule has 0 fully saturated rings. The van der Waals surface area contributed by atoms with Gasteiger partial charge in [0.25, 0.3) is 5.91 Å². The first-order valence-corrected chi connectivity index (χ1v) is 15.0. The normalized spacial score (nSPS) is 15.8. The highest BCUT2D eigenvalue weighted by molar-refractivity contribution is 8.00. The molecule has 234 valence electrons. The van der Waals surface area contributed by atoms with Crippen molar-refractivity contribution in [3.8, 4) is 0 Å². The van der Waals surface area contributed by atoms with E-state index in [4.69, 9.17) is 5.11 Å². The molecule has 41 heavy (non-hydrogen) atoms. The van der Waals surface area contributed by atoms with Crippen molar-refractivity contribution in [3.05, 3.63) is 60.8 Å². The second-order valence-corrected chi connectivity index (χ2v) is 11.6. The maximum atomic E-state index is 12.1. The van der Waals surface area contributed by atoms with Crippen LogP contribution in [0.2, 0.25) is 0 Å². The van der Waals surface area contributed by atoms with Gasteiger partial charge in [0.2, 0.25) is 5.91 Å². The Balaban J connectivity index is 4.00. The summed E-state index contributed by atoms with van der Waals surface area (Å²) in [6, 6.07) is 0. The predicted octanol–water partition coefficient (Wildman–Crippen LogP) is 2.52. The molecule has 0 aliphatic carbocycles. The number of nitrogens with one attached hydrogen (secondary N) is 2. The van der Waals surface area contributed by atoms with Gasteiger partial charge in [0, 0.05) is 19.5 Å². The van der Waals surface area contributed by atoms with E-state index in [0.717, 1.165) is 38.5 Å². The number of hydrogen-bond acceptors (Lipinski definition) is 9. The van der Waals surface area contributed by atoms with E-state index in [0.29, 0.717) is 12.8 Å². The van der Waals surface area contributed by atoms with Crippen LogP contribution in [0.1, 0.15) is 64.7 Å². The summed E-state index contributed by atoms with van der Waals surface area (Å²) in [5, 5.41) is 52.4. The van der Waals surface area contributed by atoms with Gasteiger partial charge in [-0.3, -0.25) is 9.59 Å². The number of amides is 2. The molecule has 0 bridgehead atoms. The number of aliphatic hydroxyl groups excluding tert-OH is 5. The molecule has 0 saturated carbocycles. The van der Waals surface area contributed by atoms with Crippen LogP contribution >= 0.6 is 25.3 Å². The fraction of sp³-hybridized carbons (Fsp3) is 0.600. The molecule has 0 rings (SSSR count). The Morgan fingerprint density at radius 2 is 1.29 bits per heavy atom. The lowest BCUT2D eigenvalue weighted by atomic mass is 10.0. The number of aliphatic hydroxyl groups is 5. The molecule has 7 N–H and O–H groups in total. The maximum absolute atomic E-state index is 12.1. The monoisotopic (exact) mass is 614 g/mol. The molecule has 0 aliphatic heterocycles. The largest absolute Gasteiger partial charge is 0.394 e. The Morgan fingerprint density at radius 1 is 0.780 bits per heavy atom. The third kappa shape index (κ3) is 21.5. The minimum Gasteiger partial charge on any atom is -0.394 e. The van der Waals surface area contributed by atoms with Gasteiger partial charge in [-0.2, -0.15) is 25.3 Å². The molecule has 11 heteroatoms. The first-order valence-electron chi connectivity index (χ1n) is 14.1. The number of unbranched alkanes of at least 4 members (excludes halogenated alkanes) is 1. The number of carbonyl (C=O) groups excluding carboxylic acids is 2. The minimum atomic E-state index is -2.01. The molecule has 0 saturated heterocycles. The molecule has 0 unspecified atom stereocenters. The number of hydrogen-bond donors (Lipinski definition) is 9. The SMILES string of the molecule is CC/C=C\C/C=C\C/C=C\C/C=C\C/C=C\CCCC(=O)NCC(S)(S)CCNC(=O)[C@H](O)[C@@H](O)[C@H](O)[C@H](O)CO. The van der Waals surface area contributed by atoms with E-state index in [-0.39, 0.29) is 25.4 Å². The van der Waals surface area contributed by atoms with Gasteiger partial charge in [-0.05, 0) is 51.4 Å². The van der Waals surface area contributed by atoms with Crippen LogP contribution in [0.5, 0.6) is 0 Å². The van der Waals surface area contributed by atoms with E-state index in [1.54, 1.807) is 0 Å². The van der Waals surface area contributed by atoms with Gasteiger partial charge in [0.05, 0.1) is 10.7 Å². The highest BCUT2D eigenvalue weighted by Crippen LogP contribution is 2.22. The zero-order valence-corrected chi connectivity index (χ0v) is 25.8. The quantitative estimate of drug-likeness (QED) is 0.0370. The van der Waals surface area contributed by atoms with Crippen LogP contribution in [0.15, 0.2) is 60.8 Å². The lowest BCUT2D eigenvalue weighted by molar-refractivity contribution is -0.148. The van der Waals surface area contributed by atoms with Crippen molar-refractivity contribution in [2.45, 2.75) is 93.2 Å². The Hall–Kier alpha value is -1.86. The predicted molar refractivity (Wildman–Crippen MR) is 171 cm³/mol. The third-order valence-corrected chi connectivity index (χ3v) is 6.61. The molecule has 0 aromatic rings. The Bertz CT molecular complexity index is 860. The molecule has 0 heterocycles. The van der Waals surface area contributed by atoms with Gasteiger partial charge in [0.1, 0.15) is 18.3 Å². The van der Waals surface area contributed by atoms with Crippen LogP contribution < -0.4 is 10.6 Å². The molecule has 4 atom stereocenters. The van der Waals surface area contributed by atoms with Crippen LogP contribution in [-0.2, 0) is 9.59 Å². The minimum absolute atomic E-state index is 0.0220. The fourth-order valence-electron chi connectivity index (χ4n) is 3.33. The van der Waals surface area contributed by atoms with Crippen LogP contribution in [0.25, 0.3) is 0 Å². The molecule has 0 aliphatic rings. The van der Waals surface area contributed by atoms with E-state index in [2.05, 4.69) is 104 Å². The molecule has 0 spiro atoms. The second-order valence-electron chi connectivity index (χ2n) is 9.58. The average molecular weight is 615 g/mol. The van der Waals surface area contributed by atoms with Crippen LogP contribution in [-0.4, -0.2) is 85.5 Å². The molecule has 0 aromatic heterocycles. The summed E-state index contributed by atoms with van der Waals surface area (Å²) in [4.78, 5) is 24.1. The van der Waals surface area contributed by atoms with Crippen molar-refractivity contribution in [3.63, 3.8) is 0 Å². The first-order chi connectivity index (χ1) is 19.6. The van der Waals surface area contributed by atoms with E-state index in [9.17, 15) is 30.0 Å². The van der Waals surface area contributed by atoms with Crippen molar-refractivity contribution in [1.29, 1.82) is 0 Å². The standard InChI is InChI=1S/C30H50N2O7S2/c1-2-3-4-5-6-7-8-9-10-11-12-13-14-15-16-17-18-19-25(35)32-23-30(40,41)20-21-31-29(39)28(38)27(37)26(36)24(34)22-33/h3-4,6-7,9-10,12-13,15-16,24,26-28,33-34,36-38,40-41H,2,5,8,11,14,17-23H2,1H3,(H,31,39)(H,32,35)/b4-3-,7-6-,10-9-,13-12-,16-15-/t24-,26-,27+,28-/m1/s1. The Kier molecular flexibility index (Phi) is 23.6. The lowest BCUT2D eigenvalue weighted by Gasteiger charge is -2.26. The maximum Gasteiger partial charge on any atom is 0.251 e. The van der Waals surface area contributed by atoms with Crippen molar-refractivity contribution in [2.75, 3.05) is 19.7 Å². The number of thiol groups is 2. The summed E-state index contributed by atoms with van der Waals surface area (Å²) in [7, 11) is 0. The topological polar surface area (TPSA) is 159 Å². The molecule has 9 nitrogen and oxygen atoms in total. The number of allylic oxidation sites excluding steroid dienone is 10. The summed E-state index contributed by atoms with van der Waals surface area (Å²) in [6.07, 6.45) is 20.7. The van der Waals surface area contributed by atoms with Crippen molar-refractivity contribution in [1.82, 2.24) is 10.6 Å². The van der Waals surface area contributed by atoms with Crippen molar-refractivity contribution < 1.29 is 35.1 Å². The zero-order chi connectivity index (χ0) is 30.9. The molecular formula is C30H50N2O7S2. The average Bonchev–Trinajstić information content (AvgIpc) is 2.95. The Labute approximate surface area is 256 Å². The zero-order valence-electron chi connectivity index (χ0n) is 24.0. The smallest absolute Gasteiger partial charge is 0.251 e. The summed E-state index contributed by atoms with van der Waals surface area (Å²) >= 11 is 8.79. The molecular weight excluding hydrogens is 564 g/mol. The van der Waals surface area contributed by atoms with Crippen molar-refractivity contribution in [2.24, 2.45) is 0 Å². The molecule has 2 amide bonds. The molecule has 0 radical (unpaired) electrons. The molecule has 0 aromatic carbocycles. The van der Waals surface area contributed by atoms with E-state index < -0.39 is 41.0 Å². The Morgan fingerprint density at radius 3 is 1.80 bits per heavy atom. The highest BCUT2D eigenvalue weighted by Gasteiger charge is 2.34. The van der Waals surface area contributed by atoms with Gasteiger partial charge in [-0.25, -0.2) is 0 Å². The first kappa shape index (κ1) is 39.1. The number of rotatable bonds is 23. The summed E-state index contributed by atoms with van der Waals surface area (Å²) < 4.78 is -0.941. The third-order valence-electron chi connectivity index (χ3n) is 5.85. The summed E-state index contributed by atoms with van der Waals surface area (Å²) in [6.45, 7) is 1.45. The van der Waals surface area contributed by atoms with Gasteiger partial charge < -0.3 is 36.2 Å². The fourth-order valence-corrected chi connectivity index (χ4v) is 3.72. The number of carbonyl (C=O) groups is 2. The van der Waals surface area contributed by atoms with Gasteiger partial charge in [-0.15, -0.1) is 0 Å². The lowest BCUT2D eigenvalue weighted by Crippen LogP contribution is -2.52.